The Balaban J connectivity index is 2.10. The third-order valence-electron chi connectivity index (χ3n) is 2.69. The van der Waals surface area contributed by atoms with Crippen LogP contribution in [0.2, 0.25) is 0 Å². The Hall–Kier alpha value is -0.830. The molecule has 0 radical (unpaired) electrons. The number of aldehydes is 1. The Morgan fingerprint density at radius 1 is 1.33 bits per heavy atom. The number of thioether (sulfide) groups is 1. The van der Waals surface area contributed by atoms with Crippen molar-refractivity contribution < 1.29 is 9.18 Å². The summed E-state index contributed by atoms with van der Waals surface area (Å²) in [5.41, 5.74) is 0.406. The summed E-state index contributed by atoms with van der Waals surface area (Å²) < 4.78 is 13.5. The van der Waals surface area contributed by atoms with Gasteiger partial charge in [-0.2, -0.15) is 0 Å². The fourth-order valence-corrected chi connectivity index (χ4v) is 3.12. The first-order chi connectivity index (χ1) is 7.29. The summed E-state index contributed by atoms with van der Waals surface area (Å²) >= 11 is 1.61. The van der Waals surface area contributed by atoms with Crippen molar-refractivity contribution >= 4 is 18.0 Å². The molecule has 1 fully saturated rings. The van der Waals surface area contributed by atoms with E-state index in [2.05, 4.69) is 0 Å². The van der Waals surface area contributed by atoms with Crippen LogP contribution in [0, 0.1) is 5.82 Å². The molecule has 1 aromatic rings. The van der Waals surface area contributed by atoms with E-state index in [4.69, 9.17) is 0 Å². The smallest absolute Gasteiger partial charge is 0.150 e. The predicted molar refractivity (Wildman–Crippen MR) is 59.9 cm³/mol. The fraction of sp³-hybridized carbons (Fsp3) is 0.417. The molecule has 1 aromatic carbocycles. The Labute approximate surface area is 93.1 Å². The fourth-order valence-electron chi connectivity index (χ4n) is 1.87. The largest absolute Gasteiger partial charge is 0.298 e. The maximum absolute atomic E-state index is 13.5. The Morgan fingerprint density at radius 2 is 2.07 bits per heavy atom. The first-order valence-electron chi connectivity index (χ1n) is 5.21. The molecule has 15 heavy (non-hydrogen) atoms. The van der Waals surface area contributed by atoms with Crippen LogP contribution in [0.3, 0.4) is 0 Å². The van der Waals surface area contributed by atoms with Crippen LogP contribution in [0.4, 0.5) is 4.39 Å². The van der Waals surface area contributed by atoms with Gasteiger partial charge in [-0.25, -0.2) is 4.39 Å². The number of carbonyl (C=O) groups excluding carboxylic acids is 1. The monoisotopic (exact) mass is 224 g/mol. The summed E-state index contributed by atoms with van der Waals surface area (Å²) in [5, 5.41) is 0.557. The molecule has 2 rings (SSSR count). The van der Waals surface area contributed by atoms with Gasteiger partial charge in [0, 0.05) is 15.7 Å². The van der Waals surface area contributed by atoms with Gasteiger partial charge in [0.2, 0.25) is 0 Å². The van der Waals surface area contributed by atoms with Gasteiger partial charge in [0.1, 0.15) is 12.1 Å². The van der Waals surface area contributed by atoms with Gasteiger partial charge < -0.3 is 0 Å². The zero-order valence-electron chi connectivity index (χ0n) is 8.41. The average molecular weight is 224 g/mol. The second kappa shape index (κ2) is 4.79. The van der Waals surface area contributed by atoms with Crippen LogP contribution in [0.1, 0.15) is 36.0 Å². The van der Waals surface area contributed by atoms with E-state index < -0.39 is 0 Å². The van der Waals surface area contributed by atoms with Crippen LogP contribution < -0.4 is 0 Å². The molecular formula is C12H13FOS. The summed E-state index contributed by atoms with van der Waals surface area (Å²) in [4.78, 5) is 11.1. The van der Waals surface area contributed by atoms with E-state index in [1.165, 1.54) is 31.7 Å². The highest BCUT2D eigenvalue weighted by Crippen LogP contribution is 2.35. The molecule has 1 saturated carbocycles. The number of halogens is 1. The van der Waals surface area contributed by atoms with Crippen molar-refractivity contribution in [1.29, 1.82) is 0 Å². The van der Waals surface area contributed by atoms with Gasteiger partial charge in [0.15, 0.2) is 0 Å². The van der Waals surface area contributed by atoms with E-state index >= 15 is 0 Å². The lowest BCUT2D eigenvalue weighted by Gasteiger charge is -2.09. The van der Waals surface area contributed by atoms with Crippen LogP contribution >= 0.6 is 11.8 Å². The van der Waals surface area contributed by atoms with Gasteiger partial charge >= 0.3 is 0 Å². The molecule has 1 nitrogen and oxygen atoms in total. The third kappa shape index (κ3) is 2.59. The number of hydrogen-bond acceptors (Lipinski definition) is 2. The Morgan fingerprint density at radius 3 is 2.67 bits per heavy atom. The molecule has 0 atom stereocenters. The van der Waals surface area contributed by atoms with Crippen LogP contribution in [-0.2, 0) is 0 Å². The van der Waals surface area contributed by atoms with Crippen molar-refractivity contribution in [3.05, 3.63) is 29.6 Å². The standard InChI is InChI=1S/C12H13FOS/c13-11-7-9(8-14)5-6-12(11)15-10-3-1-2-4-10/h5-8,10H,1-4H2. The summed E-state index contributed by atoms with van der Waals surface area (Å²) in [6, 6.07) is 4.69. The van der Waals surface area contributed by atoms with E-state index in [0.29, 0.717) is 22.0 Å². The van der Waals surface area contributed by atoms with E-state index in [0.717, 1.165) is 0 Å². The maximum Gasteiger partial charge on any atom is 0.150 e. The van der Waals surface area contributed by atoms with Crippen molar-refractivity contribution in [2.24, 2.45) is 0 Å². The Kier molecular flexibility index (Phi) is 3.41. The number of rotatable bonds is 3. The first-order valence-corrected chi connectivity index (χ1v) is 6.09. The van der Waals surface area contributed by atoms with Crippen LogP contribution in [0.25, 0.3) is 0 Å². The minimum absolute atomic E-state index is 0.267. The molecule has 0 bridgehead atoms. The molecule has 1 aliphatic rings. The summed E-state index contributed by atoms with van der Waals surface area (Å²) in [6.07, 6.45) is 5.55. The highest BCUT2D eigenvalue weighted by Gasteiger charge is 2.17. The number of hydrogen-bond donors (Lipinski definition) is 0. The second-order valence-corrected chi connectivity index (χ2v) is 5.17. The molecule has 0 amide bonds. The van der Waals surface area contributed by atoms with Gasteiger partial charge in [0.05, 0.1) is 0 Å². The zero-order valence-corrected chi connectivity index (χ0v) is 9.23. The SMILES string of the molecule is O=Cc1ccc(SC2CCCC2)c(F)c1. The topological polar surface area (TPSA) is 17.1 Å². The van der Waals surface area contributed by atoms with Gasteiger partial charge in [-0.05, 0) is 25.0 Å². The minimum Gasteiger partial charge on any atom is -0.298 e. The zero-order chi connectivity index (χ0) is 10.7. The average Bonchev–Trinajstić information content (AvgIpc) is 2.74. The molecule has 3 heteroatoms. The molecule has 0 spiro atoms. The van der Waals surface area contributed by atoms with Crippen LogP contribution in [-0.4, -0.2) is 11.5 Å². The molecule has 0 aliphatic heterocycles. The molecule has 80 valence electrons. The Bertz CT molecular complexity index is 359. The number of carbonyl (C=O) groups is 1. The first kappa shape index (κ1) is 10.7. The molecule has 0 aromatic heterocycles. The van der Waals surface area contributed by atoms with Crippen molar-refractivity contribution in [3.63, 3.8) is 0 Å². The quantitative estimate of drug-likeness (QED) is 0.729. The van der Waals surface area contributed by atoms with Crippen molar-refractivity contribution in [2.75, 3.05) is 0 Å². The lowest BCUT2D eigenvalue weighted by molar-refractivity contribution is 0.112. The van der Waals surface area contributed by atoms with Crippen molar-refractivity contribution in [2.45, 2.75) is 35.8 Å². The highest BCUT2D eigenvalue weighted by molar-refractivity contribution is 8.00. The van der Waals surface area contributed by atoms with Crippen molar-refractivity contribution in [3.8, 4) is 0 Å². The van der Waals surface area contributed by atoms with E-state index in [-0.39, 0.29) is 5.82 Å². The van der Waals surface area contributed by atoms with Gasteiger partial charge in [-0.3, -0.25) is 4.79 Å². The third-order valence-corrected chi connectivity index (χ3v) is 4.08. The maximum atomic E-state index is 13.5. The van der Waals surface area contributed by atoms with Gasteiger partial charge in [-0.15, -0.1) is 11.8 Å². The molecule has 1 aliphatic carbocycles. The highest BCUT2D eigenvalue weighted by atomic mass is 32.2. The minimum atomic E-state index is -0.267. The van der Waals surface area contributed by atoms with E-state index in [1.54, 1.807) is 23.9 Å². The molecule has 0 unspecified atom stereocenters. The molecular weight excluding hydrogens is 211 g/mol. The summed E-state index contributed by atoms with van der Waals surface area (Å²) in [6.45, 7) is 0. The predicted octanol–water partition coefficient (Wildman–Crippen LogP) is 3.67. The number of benzene rings is 1. The van der Waals surface area contributed by atoms with Gasteiger partial charge in [0.25, 0.3) is 0 Å². The normalized spacial score (nSPS) is 16.9. The second-order valence-electron chi connectivity index (χ2n) is 3.83. The molecule has 0 heterocycles. The van der Waals surface area contributed by atoms with Crippen LogP contribution in [0.5, 0.6) is 0 Å². The lowest BCUT2D eigenvalue weighted by Crippen LogP contribution is -1.95. The summed E-state index contributed by atoms with van der Waals surface area (Å²) in [5.74, 6) is -0.267. The molecule has 0 N–H and O–H groups in total. The summed E-state index contributed by atoms with van der Waals surface area (Å²) in [7, 11) is 0. The van der Waals surface area contributed by atoms with Gasteiger partial charge in [-0.1, -0.05) is 18.9 Å². The van der Waals surface area contributed by atoms with Crippen LogP contribution in [0.15, 0.2) is 23.1 Å². The van der Waals surface area contributed by atoms with Crippen molar-refractivity contribution in [1.82, 2.24) is 0 Å². The molecule has 0 saturated heterocycles. The van der Waals surface area contributed by atoms with E-state index in [9.17, 15) is 9.18 Å². The lowest BCUT2D eigenvalue weighted by atomic mass is 10.2. The van der Waals surface area contributed by atoms with E-state index in [1.807, 2.05) is 0 Å².